The van der Waals surface area contributed by atoms with Crippen molar-refractivity contribution in [3.8, 4) is 0 Å². The number of hydrogen-bond acceptors (Lipinski definition) is 2. The third-order valence-corrected chi connectivity index (χ3v) is 3.16. The molecule has 3 heteroatoms. The summed E-state index contributed by atoms with van der Waals surface area (Å²) < 4.78 is 1.11. The van der Waals surface area contributed by atoms with Crippen LogP contribution in [-0.2, 0) is 11.2 Å². The maximum absolute atomic E-state index is 10.9. The Balaban J connectivity index is 2.42. The Bertz CT molecular complexity index is 501. The van der Waals surface area contributed by atoms with Crippen LogP contribution in [0.3, 0.4) is 0 Å². The second-order valence-electron chi connectivity index (χ2n) is 3.41. The number of carbonyl (C=O) groups excluding carboxylic acids is 1. The minimum Gasteiger partial charge on any atom is -0.318 e. The van der Waals surface area contributed by atoms with Crippen LogP contribution in [0.25, 0.3) is 10.1 Å². The summed E-state index contributed by atoms with van der Waals surface area (Å²) in [5, 5.41) is 4.82. The van der Waals surface area contributed by atoms with Gasteiger partial charge in [0.05, 0.1) is 5.00 Å². The minimum absolute atomic E-state index is 0.0303. The maximum atomic E-state index is 10.9. The fourth-order valence-electron chi connectivity index (χ4n) is 1.45. The average Bonchev–Trinajstić information content (AvgIpc) is 2.57. The summed E-state index contributed by atoms with van der Waals surface area (Å²) in [6.45, 7) is 3.63. The lowest BCUT2D eigenvalue weighted by Gasteiger charge is -1.93. The molecule has 0 saturated carbocycles. The van der Waals surface area contributed by atoms with Crippen molar-refractivity contribution < 1.29 is 4.79 Å². The third kappa shape index (κ3) is 2.18. The summed E-state index contributed by atoms with van der Waals surface area (Å²) in [6, 6.07) is 9.47. The normalized spacial score (nSPS) is 10.5. The molecular weight excluding hydrogens is 206 g/mol. The van der Waals surface area contributed by atoms with Crippen LogP contribution in [0.15, 0.2) is 18.2 Å². The molecule has 0 unspecified atom stereocenters. The molecular formula is C12H12NOS. The smallest absolute Gasteiger partial charge is 0.221 e. The monoisotopic (exact) mass is 218 g/mol. The van der Waals surface area contributed by atoms with E-state index in [0.717, 1.165) is 21.5 Å². The number of rotatable bonds is 2. The van der Waals surface area contributed by atoms with Crippen LogP contribution in [0.2, 0.25) is 0 Å². The number of fused-ring (bicyclic) bond motifs is 1. The first-order valence-electron chi connectivity index (χ1n) is 4.91. The van der Waals surface area contributed by atoms with E-state index >= 15 is 0 Å². The van der Waals surface area contributed by atoms with E-state index in [0.29, 0.717) is 0 Å². The largest absolute Gasteiger partial charge is 0.318 e. The van der Waals surface area contributed by atoms with Gasteiger partial charge in [-0.25, -0.2) is 0 Å². The zero-order valence-electron chi connectivity index (χ0n) is 8.76. The molecule has 1 N–H and O–H groups in total. The Labute approximate surface area is 92.9 Å². The minimum atomic E-state index is -0.0303. The molecule has 0 saturated heterocycles. The molecule has 2 nitrogen and oxygen atoms in total. The van der Waals surface area contributed by atoms with E-state index in [9.17, 15) is 4.79 Å². The molecule has 0 bridgehead atoms. The van der Waals surface area contributed by atoms with Gasteiger partial charge in [0.25, 0.3) is 0 Å². The Morgan fingerprint density at radius 2 is 2.33 bits per heavy atom. The van der Waals surface area contributed by atoms with Gasteiger partial charge in [-0.2, -0.15) is 0 Å². The number of thiophene rings is 1. The van der Waals surface area contributed by atoms with E-state index in [1.165, 1.54) is 12.5 Å². The van der Waals surface area contributed by atoms with Gasteiger partial charge in [-0.3, -0.25) is 4.79 Å². The van der Waals surface area contributed by atoms with Crippen LogP contribution in [0, 0.1) is 6.07 Å². The highest BCUT2D eigenvalue weighted by Gasteiger charge is 2.03. The number of carbonyl (C=O) groups is 1. The van der Waals surface area contributed by atoms with Crippen LogP contribution in [0.1, 0.15) is 19.4 Å². The summed E-state index contributed by atoms with van der Waals surface area (Å²) in [4.78, 5) is 10.9. The lowest BCUT2D eigenvalue weighted by atomic mass is 10.1. The summed E-state index contributed by atoms with van der Waals surface area (Å²) >= 11 is 1.57. The molecule has 0 atom stereocenters. The second kappa shape index (κ2) is 4.03. The van der Waals surface area contributed by atoms with Crippen molar-refractivity contribution in [1.29, 1.82) is 0 Å². The van der Waals surface area contributed by atoms with E-state index < -0.39 is 0 Å². The Hall–Kier alpha value is -1.35. The lowest BCUT2D eigenvalue weighted by molar-refractivity contribution is -0.114. The Morgan fingerprint density at radius 1 is 1.53 bits per heavy atom. The van der Waals surface area contributed by atoms with Crippen LogP contribution < -0.4 is 5.32 Å². The van der Waals surface area contributed by atoms with E-state index in [1.807, 2.05) is 6.07 Å². The zero-order valence-corrected chi connectivity index (χ0v) is 9.57. The Kier molecular flexibility index (Phi) is 2.73. The van der Waals surface area contributed by atoms with Crippen molar-refractivity contribution in [1.82, 2.24) is 0 Å². The quantitative estimate of drug-likeness (QED) is 0.823. The molecule has 1 aromatic heterocycles. The molecule has 2 rings (SSSR count). The van der Waals surface area contributed by atoms with Gasteiger partial charge in [0, 0.05) is 17.7 Å². The first-order chi connectivity index (χ1) is 7.19. The third-order valence-electron chi connectivity index (χ3n) is 2.18. The van der Waals surface area contributed by atoms with Crippen LogP contribution in [0.5, 0.6) is 0 Å². The molecule has 0 spiro atoms. The number of aryl methyl sites for hydroxylation is 1. The zero-order chi connectivity index (χ0) is 10.8. The molecule has 77 valence electrons. The molecule has 1 radical (unpaired) electrons. The van der Waals surface area contributed by atoms with Gasteiger partial charge in [-0.1, -0.05) is 19.1 Å². The molecule has 1 heterocycles. The van der Waals surface area contributed by atoms with Gasteiger partial charge in [-0.15, -0.1) is 11.3 Å². The number of benzene rings is 1. The molecule has 15 heavy (non-hydrogen) atoms. The SMILES string of the molecule is CCc1[c]c2sc(NC(C)=O)cc2cc1. The summed E-state index contributed by atoms with van der Waals surface area (Å²) in [5.41, 5.74) is 1.21. The van der Waals surface area contributed by atoms with Crippen molar-refractivity contribution in [2.45, 2.75) is 20.3 Å². The van der Waals surface area contributed by atoms with Crippen LogP contribution in [-0.4, -0.2) is 5.91 Å². The molecule has 2 aromatic rings. The number of nitrogens with one attached hydrogen (secondary N) is 1. The first kappa shape index (κ1) is 10.2. The number of hydrogen-bond donors (Lipinski definition) is 1. The highest BCUT2D eigenvalue weighted by atomic mass is 32.1. The molecule has 0 aliphatic heterocycles. The van der Waals surface area contributed by atoms with Gasteiger partial charge in [-0.05, 0) is 23.4 Å². The number of amides is 1. The van der Waals surface area contributed by atoms with Crippen LogP contribution >= 0.6 is 11.3 Å². The van der Waals surface area contributed by atoms with E-state index in [1.54, 1.807) is 11.3 Å². The fourth-order valence-corrected chi connectivity index (χ4v) is 2.47. The second-order valence-corrected chi connectivity index (χ2v) is 4.47. The highest BCUT2D eigenvalue weighted by molar-refractivity contribution is 7.22. The highest BCUT2D eigenvalue weighted by Crippen LogP contribution is 2.30. The van der Waals surface area contributed by atoms with E-state index in [-0.39, 0.29) is 5.91 Å². The van der Waals surface area contributed by atoms with Gasteiger partial charge >= 0.3 is 0 Å². The summed E-state index contributed by atoms with van der Waals surface area (Å²) in [5.74, 6) is -0.0303. The van der Waals surface area contributed by atoms with Crippen LogP contribution in [0.4, 0.5) is 5.00 Å². The topological polar surface area (TPSA) is 29.1 Å². The van der Waals surface area contributed by atoms with Crippen molar-refractivity contribution >= 4 is 32.3 Å². The van der Waals surface area contributed by atoms with Crippen molar-refractivity contribution in [2.75, 3.05) is 5.32 Å². The average molecular weight is 218 g/mol. The number of anilines is 1. The molecule has 1 aromatic carbocycles. The summed E-state index contributed by atoms with van der Waals surface area (Å²) in [6.07, 6.45) is 0.989. The fraction of sp³-hybridized carbons (Fsp3) is 0.250. The van der Waals surface area contributed by atoms with Gasteiger partial charge in [0.15, 0.2) is 0 Å². The molecule has 0 aliphatic carbocycles. The van der Waals surface area contributed by atoms with Gasteiger partial charge < -0.3 is 5.32 Å². The lowest BCUT2D eigenvalue weighted by Crippen LogP contribution is -2.03. The molecule has 0 aliphatic rings. The first-order valence-corrected chi connectivity index (χ1v) is 5.73. The van der Waals surface area contributed by atoms with E-state index in [2.05, 4.69) is 30.4 Å². The predicted octanol–water partition coefficient (Wildman–Crippen LogP) is 3.22. The van der Waals surface area contributed by atoms with Crippen molar-refractivity contribution in [3.05, 3.63) is 29.8 Å². The maximum Gasteiger partial charge on any atom is 0.221 e. The summed E-state index contributed by atoms with van der Waals surface area (Å²) in [7, 11) is 0. The molecule has 0 fully saturated rings. The Morgan fingerprint density at radius 3 is 3.00 bits per heavy atom. The standard InChI is InChI=1S/C12H12NOS/c1-3-9-4-5-10-7-12(13-8(2)14)15-11(10)6-9/h4-5,7H,3H2,1-2H3,(H,13,14). The molecule has 1 amide bonds. The van der Waals surface area contributed by atoms with Gasteiger partial charge in [0.2, 0.25) is 5.91 Å². The van der Waals surface area contributed by atoms with E-state index in [4.69, 9.17) is 0 Å². The predicted molar refractivity (Wildman–Crippen MR) is 64.3 cm³/mol. The van der Waals surface area contributed by atoms with Crippen molar-refractivity contribution in [3.63, 3.8) is 0 Å². The van der Waals surface area contributed by atoms with Gasteiger partial charge in [0.1, 0.15) is 0 Å². The van der Waals surface area contributed by atoms with Crippen molar-refractivity contribution in [2.24, 2.45) is 0 Å².